The number of nitrogens with zero attached hydrogens (tertiary/aromatic N) is 2. The zero-order valence-electron chi connectivity index (χ0n) is 19.1. The van der Waals surface area contributed by atoms with Gasteiger partial charge in [-0.25, -0.2) is 0 Å². The second kappa shape index (κ2) is 10.4. The molecular weight excluding hydrogens is 384 g/mol. The van der Waals surface area contributed by atoms with Gasteiger partial charge in [-0.15, -0.1) is 0 Å². The van der Waals surface area contributed by atoms with E-state index in [1.807, 2.05) is 6.92 Å². The molecule has 0 amide bonds. The number of esters is 1. The smallest absolute Gasteiger partial charge is 0.310 e. The zero-order valence-corrected chi connectivity index (χ0v) is 19.1. The number of likely N-dealkylation sites (tertiary alicyclic amines) is 1. The lowest BCUT2D eigenvalue weighted by Crippen LogP contribution is -2.40. The lowest BCUT2D eigenvalue weighted by Gasteiger charge is -2.33. The van der Waals surface area contributed by atoms with E-state index in [1.54, 1.807) is 0 Å². The predicted octanol–water partition coefficient (Wildman–Crippen LogP) is 4.47. The minimum Gasteiger partial charge on any atom is -0.466 e. The quantitative estimate of drug-likeness (QED) is 0.619. The fraction of sp³-hybridized carbons (Fsp3) is 0.519. The van der Waals surface area contributed by atoms with Gasteiger partial charge in [0.1, 0.15) is 0 Å². The van der Waals surface area contributed by atoms with Crippen molar-refractivity contribution in [3.8, 4) is 0 Å². The third-order valence-electron chi connectivity index (χ3n) is 6.91. The molecule has 2 aliphatic rings. The van der Waals surface area contributed by atoms with E-state index in [0.717, 1.165) is 58.3 Å². The first-order valence-corrected chi connectivity index (χ1v) is 11.9. The van der Waals surface area contributed by atoms with Crippen molar-refractivity contribution in [1.29, 1.82) is 0 Å². The van der Waals surface area contributed by atoms with Gasteiger partial charge in [0, 0.05) is 6.54 Å². The Labute approximate surface area is 187 Å². The van der Waals surface area contributed by atoms with Gasteiger partial charge in [0.15, 0.2) is 0 Å². The first kappa shape index (κ1) is 22.0. The summed E-state index contributed by atoms with van der Waals surface area (Å²) in [5.74, 6) is 0.0306. The average Bonchev–Trinajstić information content (AvgIpc) is 2.96. The van der Waals surface area contributed by atoms with Crippen LogP contribution in [0.4, 0.5) is 0 Å². The molecule has 0 bridgehead atoms. The predicted molar refractivity (Wildman–Crippen MR) is 125 cm³/mol. The minimum absolute atomic E-state index is 0.0176. The van der Waals surface area contributed by atoms with Crippen molar-refractivity contribution in [1.82, 2.24) is 9.80 Å². The second-order valence-corrected chi connectivity index (χ2v) is 9.03. The molecule has 4 nitrogen and oxygen atoms in total. The topological polar surface area (TPSA) is 32.8 Å². The molecular formula is C27H36N2O2. The number of benzene rings is 2. The van der Waals surface area contributed by atoms with Crippen LogP contribution in [0.2, 0.25) is 0 Å². The van der Waals surface area contributed by atoms with Crippen molar-refractivity contribution in [3.63, 3.8) is 0 Å². The Morgan fingerprint density at radius 2 is 1.71 bits per heavy atom. The van der Waals surface area contributed by atoms with Gasteiger partial charge in [-0.3, -0.25) is 9.69 Å². The van der Waals surface area contributed by atoms with Crippen molar-refractivity contribution in [2.75, 3.05) is 39.8 Å². The average molecular weight is 421 g/mol. The molecule has 1 heterocycles. The summed E-state index contributed by atoms with van der Waals surface area (Å²) in [6, 6.07) is 18.2. The maximum atomic E-state index is 12.1. The number of aryl methyl sites for hydroxylation is 2. The minimum atomic E-state index is -0.0176. The van der Waals surface area contributed by atoms with Crippen molar-refractivity contribution in [3.05, 3.63) is 70.8 Å². The molecule has 0 N–H and O–H groups in total. The number of piperidine rings is 1. The number of ether oxygens (including phenoxy) is 1. The van der Waals surface area contributed by atoms with Gasteiger partial charge in [0.25, 0.3) is 0 Å². The molecule has 0 saturated carbocycles. The molecule has 2 aromatic carbocycles. The Morgan fingerprint density at radius 3 is 2.35 bits per heavy atom. The van der Waals surface area contributed by atoms with Crippen LogP contribution in [0, 0.1) is 5.92 Å². The molecule has 0 radical (unpaired) electrons. The molecule has 1 unspecified atom stereocenters. The molecule has 4 rings (SSSR count). The fourth-order valence-corrected chi connectivity index (χ4v) is 5.35. The molecule has 0 aromatic heterocycles. The summed E-state index contributed by atoms with van der Waals surface area (Å²) >= 11 is 0. The van der Waals surface area contributed by atoms with Gasteiger partial charge in [-0.05, 0) is 88.0 Å². The number of fused-ring (bicyclic) bond motifs is 2. The van der Waals surface area contributed by atoms with E-state index in [-0.39, 0.29) is 11.9 Å². The van der Waals surface area contributed by atoms with E-state index >= 15 is 0 Å². The highest BCUT2D eigenvalue weighted by Gasteiger charge is 2.28. The standard InChI is InChI=1S/C27H36N2O2/c1-3-31-27(30)23-12-8-18-29(20-23)19-9-17-28(2)26-24-13-6-4-10-21(24)15-16-22-11-5-7-14-25(22)26/h4-7,10-11,13-14,23,26H,3,8-9,12,15-20H2,1-2H3. The molecule has 1 saturated heterocycles. The highest BCUT2D eigenvalue weighted by molar-refractivity contribution is 5.72. The van der Waals surface area contributed by atoms with Crippen LogP contribution in [0.15, 0.2) is 48.5 Å². The van der Waals surface area contributed by atoms with E-state index in [2.05, 4.69) is 65.4 Å². The molecule has 1 atom stereocenters. The summed E-state index contributed by atoms with van der Waals surface area (Å²) in [4.78, 5) is 17.1. The van der Waals surface area contributed by atoms with E-state index in [4.69, 9.17) is 4.74 Å². The van der Waals surface area contributed by atoms with Gasteiger partial charge in [0.2, 0.25) is 0 Å². The largest absolute Gasteiger partial charge is 0.466 e. The summed E-state index contributed by atoms with van der Waals surface area (Å²) < 4.78 is 5.26. The van der Waals surface area contributed by atoms with Crippen LogP contribution in [0.3, 0.4) is 0 Å². The third-order valence-corrected chi connectivity index (χ3v) is 6.91. The van der Waals surface area contributed by atoms with E-state index in [1.165, 1.54) is 22.3 Å². The summed E-state index contributed by atoms with van der Waals surface area (Å²) in [5, 5.41) is 0. The summed E-state index contributed by atoms with van der Waals surface area (Å²) in [7, 11) is 2.27. The number of carbonyl (C=O) groups excluding carboxylic acids is 1. The Balaban J connectivity index is 1.41. The SMILES string of the molecule is CCOC(=O)C1CCCN(CCCN(C)C2c3ccccc3CCc3ccccc32)C1. The molecule has 2 aromatic rings. The van der Waals surface area contributed by atoms with Crippen LogP contribution in [0.25, 0.3) is 0 Å². The number of carbonyl (C=O) groups is 1. The molecule has 4 heteroatoms. The van der Waals surface area contributed by atoms with Crippen molar-refractivity contribution >= 4 is 5.97 Å². The van der Waals surface area contributed by atoms with Gasteiger partial charge >= 0.3 is 5.97 Å². The van der Waals surface area contributed by atoms with E-state index < -0.39 is 0 Å². The maximum Gasteiger partial charge on any atom is 0.310 e. The lowest BCUT2D eigenvalue weighted by molar-refractivity contribution is -0.149. The third kappa shape index (κ3) is 5.19. The first-order chi connectivity index (χ1) is 15.2. The summed E-state index contributed by atoms with van der Waals surface area (Å²) in [6.45, 7) is 6.37. The van der Waals surface area contributed by atoms with Crippen LogP contribution < -0.4 is 0 Å². The Hall–Kier alpha value is -2.17. The first-order valence-electron chi connectivity index (χ1n) is 11.9. The van der Waals surface area contributed by atoms with Gasteiger partial charge in [-0.1, -0.05) is 48.5 Å². The van der Waals surface area contributed by atoms with Gasteiger partial charge in [-0.2, -0.15) is 0 Å². The number of hydrogen-bond donors (Lipinski definition) is 0. The van der Waals surface area contributed by atoms with Crippen molar-refractivity contribution in [2.45, 2.75) is 45.1 Å². The van der Waals surface area contributed by atoms with Crippen LogP contribution in [0.5, 0.6) is 0 Å². The lowest BCUT2D eigenvalue weighted by atomic mass is 9.93. The Kier molecular flexibility index (Phi) is 7.41. The Bertz CT molecular complexity index is 834. The molecule has 166 valence electrons. The van der Waals surface area contributed by atoms with Crippen LogP contribution in [0.1, 0.15) is 54.5 Å². The molecule has 0 spiro atoms. The highest BCUT2D eigenvalue weighted by Crippen LogP contribution is 2.36. The van der Waals surface area contributed by atoms with Crippen LogP contribution in [-0.2, 0) is 22.4 Å². The van der Waals surface area contributed by atoms with E-state index in [9.17, 15) is 4.79 Å². The normalized spacial score (nSPS) is 19.5. The molecule has 1 aliphatic carbocycles. The number of hydrogen-bond acceptors (Lipinski definition) is 4. The van der Waals surface area contributed by atoms with Gasteiger partial charge in [0.05, 0.1) is 18.6 Å². The van der Waals surface area contributed by atoms with Crippen LogP contribution >= 0.6 is 0 Å². The van der Waals surface area contributed by atoms with Crippen LogP contribution in [-0.4, -0.2) is 55.6 Å². The highest BCUT2D eigenvalue weighted by atomic mass is 16.5. The van der Waals surface area contributed by atoms with Crippen molar-refractivity contribution < 1.29 is 9.53 Å². The molecule has 31 heavy (non-hydrogen) atoms. The monoisotopic (exact) mass is 420 g/mol. The molecule has 1 aliphatic heterocycles. The second-order valence-electron chi connectivity index (χ2n) is 9.03. The maximum absolute atomic E-state index is 12.1. The Morgan fingerprint density at radius 1 is 1.06 bits per heavy atom. The number of rotatable bonds is 7. The van der Waals surface area contributed by atoms with E-state index in [0.29, 0.717) is 12.6 Å². The summed E-state index contributed by atoms with van der Waals surface area (Å²) in [5.41, 5.74) is 5.86. The zero-order chi connectivity index (χ0) is 21.6. The van der Waals surface area contributed by atoms with Crippen molar-refractivity contribution in [2.24, 2.45) is 5.92 Å². The fourth-order valence-electron chi connectivity index (χ4n) is 5.35. The molecule has 1 fully saturated rings. The summed E-state index contributed by atoms with van der Waals surface area (Å²) in [6.07, 6.45) is 5.38. The van der Waals surface area contributed by atoms with Gasteiger partial charge < -0.3 is 9.64 Å².